The highest BCUT2D eigenvalue weighted by Gasteiger charge is 2.40. The normalized spacial score (nSPS) is 12.4. The van der Waals surface area contributed by atoms with E-state index in [1.807, 2.05) is 0 Å². The van der Waals surface area contributed by atoms with Crippen LogP contribution in [-0.4, -0.2) is 24.5 Å². The molecule has 4 nitrogen and oxygen atoms in total. The molecule has 0 saturated heterocycles. The van der Waals surface area contributed by atoms with Gasteiger partial charge in [0.25, 0.3) is 0 Å². The van der Waals surface area contributed by atoms with Crippen LogP contribution in [0, 0.1) is 5.82 Å². The first-order chi connectivity index (χ1) is 13.0. The Kier molecular flexibility index (Phi) is 5.05. The van der Waals surface area contributed by atoms with Gasteiger partial charge in [0, 0.05) is 23.9 Å². The van der Waals surface area contributed by atoms with Crippen LogP contribution in [-0.2, 0) is 22.6 Å². The second kappa shape index (κ2) is 7.05. The van der Waals surface area contributed by atoms with E-state index in [4.69, 9.17) is 0 Å². The Morgan fingerprint density at radius 3 is 1.96 bits per heavy atom. The van der Waals surface area contributed by atoms with Crippen LogP contribution in [0.5, 0.6) is 0 Å². The minimum atomic E-state index is -4.69. The van der Waals surface area contributed by atoms with E-state index in [1.54, 1.807) is 0 Å². The number of benzene rings is 2. The van der Waals surface area contributed by atoms with E-state index in [9.17, 15) is 26.0 Å². The predicted molar refractivity (Wildman–Crippen MR) is 96.8 cm³/mol. The van der Waals surface area contributed by atoms with E-state index in [2.05, 4.69) is 5.10 Å². The second-order valence-electron chi connectivity index (χ2n) is 6.19. The molecule has 3 rings (SSSR count). The lowest BCUT2D eigenvalue weighted by molar-refractivity contribution is -0.143. The molecule has 9 heteroatoms. The Morgan fingerprint density at radius 2 is 1.50 bits per heavy atom. The topological polar surface area (TPSA) is 52.0 Å². The highest BCUT2D eigenvalue weighted by atomic mass is 32.2. The number of aryl methyl sites for hydroxylation is 1. The van der Waals surface area contributed by atoms with Crippen molar-refractivity contribution in [1.82, 2.24) is 9.78 Å². The SMILES string of the molecule is CCn1nc(-c2ccc(F)cc2)c(-c2ccc(S(C)(=O)=O)cc2)c1C(F)(F)F. The molecule has 0 atom stereocenters. The molecular weight excluding hydrogens is 396 g/mol. The summed E-state index contributed by atoms with van der Waals surface area (Å²) in [6.07, 6.45) is -3.67. The number of hydrogen-bond acceptors (Lipinski definition) is 3. The van der Waals surface area contributed by atoms with Gasteiger partial charge >= 0.3 is 6.18 Å². The van der Waals surface area contributed by atoms with E-state index < -0.39 is 27.5 Å². The molecule has 2 aromatic carbocycles. The molecule has 1 heterocycles. The first-order valence-corrected chi connectivity index (χ1v) is 10.2. The molecule has 28 heavy (non-hydrogen) atoms. The van der Waals surface area contributed by atoms with Crippen molar-refractivity contribution in [1.29, 1.82) is 0 Å². The van der Waals surface area contributed by atoms with Crippen LogP contribution in [0.4, 0.5) is 17.6 Å². The smallest absolute Gasteiger partial charge is 0.260 e. The largest absolute Gasteiger partial charge is 0.433 e. The van der Waals surface area contributed by atoms with Crippen LogP contribution >= 0.6 is 0 Å². The first-order valence-electron chi connectivity index (χ1n) is 8.26. The highest BCUT2D eigenvalue weighted by Crippen LogP contribution is 2.42. The van der Waals surface area contributed by atoms with Gasteiger partial charge in [-0.3, -0.25) is 4.68 Å². The molecule has 0 N–H and O–H groups in total. The standard InChI is InChI=1S/C19H16F4N2O2S/c1-3-25-18(19(21,22)23)16(12-6-10-15(11-7-12)28(2,26)27)17(24-25)13-4-8-14(20)9-5-13/h4-11H,3H2,1-2H3. The summed E-state index contributed by atoms with van der Waals surface area (Å²) in [6, 6.07) is 10.1. The lowest BCUT2D eigenvalue weighted by Gasteiger charge is -2.12. The van der Waals surface area contributed by atoms with Crippen molar-refractivity contribution >= 4 is 9.84 Å². The van der Waals surface area contributed by atoms with Crippen molar-refractivity contribution in [2.75, 3.05) is 6.26 Å². The van der Waals surface area contributed by atoms with Crippen molar-refractivity contribution < 1.29 is 26.0 Å². The van der Waals surface area contributed by atoms with Gasteiger partial charge in [-0.2, -0.15) is 18.3 Å². The third-order valence-corrected chi connectivity index (χ3v) is 5.34. The van der Waals surface area contributed by atoms with Gasteiger partial charge in [-0.25, -0.2) is 12.8 Å². The van der Waals surface area contributed by atoms with E-state index in [1.165, 1.54) is 43.3 Å². The quantitative estimate of drug-likeness (QED) is 0.579. The van der Waals surface area contributed by atoms with Gasteiger partial charge < -0.3 is 0 Å². The molecular formula is C19H16F4N2O2S. The number of alkyl halides is 3. The molecule has 0 spiro atoms. The van der Waals surface area contributed by atoms with E-state index >= 15 is 0 Å². The number of rotatable bonds is 4. The second-order valence-corrected chi connectivity index (χ2v) is 8.20. The summed E-state index contributed by atoms with van der Waals surface area (Å²) in [4.78, 5) is -0.00368. The summed E-state index contributed by atoms with van der Waals surface area (Å²) in [7, 11) is -3.49. The fourth-order valence-corrected chi connectivity index (χ4v) is 3.56. The average Bonchev–Trinajstić information content (AvgIpc) is 3.02. The molecule has 1 aromatic heterocycles. The minimum absolute atomic E-state index is 0.00368. The fourth-order valence-electron chi connectivity index (χ4n) is 2.93. The van der Waals surface area contributed by atoms with Crippen molar-refractivity contribution in [3.05, 3.63) is 60.0 Å². The lowest BCUT2D eigenvalue weighted by Crippen LogP contribution is -2.14. The Balaban J connectivity index is 2.30. The molecule has 3 aromatic rings. The minimum Gasteiger partial charge on any atom is -0.260 e. The summed E-state index contributed by atoms with van der Waals surface area (Å²) in [5.74, 6) is -0.520. The average molecular weight is 412 g/mol. The molecule has 0 bridgehead atoms. The van der Waals surface area contributed by atoms with Crippen molar-refractivity contribution in [3.8, 4) is 22.4 Å². The van der Waals surface area contributed by atoms with E-state index in [0.29, 0.717) is 5.56 Å². The summed E-state index contributed by atoms with van der Waals surface area (Å²) in [5.41, 5.74) is -0.594. The number of nitrogens with zero attached hydrogens (tertiary/aromatic N) is 2. The Labute approximate surface area is 159 Å². The van der Waals surface area contributed by atoms with Crippen molar-refractivity contribution in [3.63, 3.8) is 0 Å². The molecule has 0 saturated carbocycles. The summed E-state index contributed by atoms with van der Waals surface area (Å²) in [5, 5.41) is 4.10. The zero-order valence-electron chi connectivity index (χ0n) is 15.0. The predicted octanol–water partition coefficient (Wildman–Crippen LogP) is 4.80. The summed E-state index contributed by atoms with van der Waals surface area (Å²) in [6.45, 7) is 1.51. The van der Waals surface area contributed by atoms with Gasteiger partial charge in [-0.1, -0.05) is 12.1 Å². The van der Waals surface area contributed by atoms with Crippen LogP contribution in [0.15, 0.2) is 53.4 Å². The molecule has 148 valence electrons. The van der Waals surface area contributed by atoms with Gasteiger partial charge in [-0.05, 0) is 48.9 Å². The maximum absolute atomic E-state index is 13.8. The summed E-state index contributed by atoms with van der Waals surface area (Å²) >= 11 is 0. The zero-order chi connectivity index (χ0) is 20.7. The van der Waals surface area contributed by atoms with Gasteiger partial charge in [0.05, 0.1) is 4.90 Å². The Hall–Kier alpha value is -2.68. The zero-order valence-corrected chi connectivity index (χ0v) is 15.8. The molecule has 0 amide bonds. The Bertz CT molecular complexity index is 1100. The van der Waals surface area contributed by atoms with Gasteiger partial charge in [0.2, 0.25) is 0 Å². The summed E-state index contributed by atoms with van der Waals surface area (Å²) < 4.78 is 78.9. The molecule has 0 radical (unpaired) electrons. The maximum atomic E-state index is 13.8. The van der Waals surface area contributed by atoms with Crippen LogP contribution in [0.3, 0.4) is 0 Å². The number of hydrogen-bond donors (Lipinski definition) is 0. The van der Waals surface area contributed by atoms with Crippen LogP contribution in [0.1, 0.15) is 12.6 Å². The number of aromatic nitrogens is 2. The van der Waals surface area contributed by atoms with E-state index in [-0.39, 0.29) is 28.3 Å². The fraction of sp³-hybridized carbons (Fsp3) is 0.211. The third kappa shape index (κ3) is 3.80. The third-order valence-electron chi connectivity index (χ3n) is 4.21. The van der Waals surface area contributed by atoms with Crippen LogP contribution < -0.4 is 0 Å². The van der Waals surface area contributed by atoms with Crippen LogP contribution in [0.2, 0.25) is 0 Å². The molecule has 0 aliphatic heterocycles. The lowest BCUT2D eigenvalue weighted by atomic mass is 9.98. The van der Waals surface area contributed by atoms with Gasteiger partial charge in [0.1, 0.15) is 11.5 Å². The highest BCUT2D eigenvalue weighted by molar-refractivity contribution is 7.90. The van der Waals surface area contributed by atoms with E-state index in [0.717, 1.165) is 23.1 Å². The monoisotopic (exact) mass is 412 g/mol. The maximum Gasteiger partial charge on any atom is 0.433 e. The molecule has 0 fully saturated rings. The number of halogens is 4. The number of sulfone groups is 1. The van der Waals surface area contributed by atoms with Gasteiger partial charge in [-0.15, -0.1) is 0 Å². The van der Waals surface area contributed by atoms with Crippen molar-refractivity contribution in [2.24, 2.45) is 0 Å². The molecule has 0 aliphatic carbocycles. The molecule has 0 unspecified atom stereocenters. The molecule has 0 aliphatic rings. The first kappa shape index (κ1) is 20.1. The van der Waals surface area contributed by atoms with Crippen LogP contribution in [0.25, 0.3) is 22.4 Å². The Morgan fingerprint density at radius 1 is 0.964 bits per heavy atom. The van der Waals surface area contributed by atoms with Crippen molar-refractivity contribution in [2.45, 2.75) is 24.5 Å². The van der Waals surface area contributed by atoms with Gasteiger partial charge in [0.15, 0.2) is 15.5 Å².